The summed E-state index contributed by atoms with van der Waals surface area (Å²) in [6.45, 7) is 5.54. The Labute approximate surface area is 283 Å². The lowest BCUT2D eigenvalue weighted by Crippen LogP contribution is -2.46. The van der Waals surface area contributed by atoms with Gasteiger partial charge in [-0.3, -0.25) is 19.6 Å². The number of anilines is 5. The van der Waals surface area contributed by atoms with E-state index < -0.39 is 5.92 Å². The van der Waals surface area contributed by atoms with Crippen molar-refractivity contribution in [3.05, 3.63) is 59.4 Å². The molecule has 244 valence electrons. The number of amides is 2. The lowest BCUT2D eigenvalue weighted by atomic mass is 9.92. The standard InChI is InChI=1S/C33H37ClN10O2S/c1-19-18-43(32-35-17-25(34)30(39-32)37-20-5-4-6-22(15-20)44-14-13-41(2)33(44)47)12-11-26(19)36-21-7-8-23-27(16-21)42(3)40-29(23)24-9-10-28(45)38-31(24)46/h4-8,15-17,19,24,26,36H,9-14,18H2,1-3H3,(H,35,37,39)(H,38,45,46)/t19-,24?,26-/m1/s1. The van der Waals surface area contributed by atoms with E-state index in [4.69, 9.17) is 28.8 Å². The average molecular weight is 673 g/mol. The zero-order valence-corrected chi connectivity index (χ0v) is 28.1. The smallest absolute Gasteiger partial charge is 0.235 e. The first-order valence-corrected chi connectivity index (χ1v) is 16.7. The van der Waals surface area contributed by atoms with E-state index in [-0.39, 0.29) is 17.9 Å². The van der Waals surface area contributed by atoms with Crippen LogP contribution in [0.1, 0.15) is 37.8 Å². The Morgan fingerprint density at radius 1 is 1.04 bits per heavy atom. The summed E-state index contributed by atoms with van der Waals surface area (Å²) in [4.78, 5) is 40.0. The van der Waals surface area contributed by atoms with Crippen LogP contribution in [0.4, 0.5) is 28.8 Å². The molecule has 3 fully saturated rings. The van der Waals surface area contributed by atoms with E-state index in [2.05, 4.69) is 65.9 Å². The molecule has 3 aliphatic heterocycles. The van der Waals surface area contributed by atoms with Crippen molar-refractivity contribution >= 4 is 80.5 Å². The second-order valence-electron chi connectivity index (χ2n) is 12.6. The molecule has 47 heavy (non-hydrogen) atoms. The highest BCUT2D eigenvalue weighted by atomic mass is 35.5. The maximum absolute atomic E-state index is 12.5. The molecule has 2 amide bonds. The average Bonchev–Trinajstić information content (AvgIpc) is 3.56. The minimum Gasteiger partial charge on any atom is -0.382 e. The van der Waals surface area contributed by atoms with Crippen LogP contribution in [0.2, 0.25) is 5.02 Å². The molecule has 4 aromatic rings. The van der Waals surface area contributed by atoms with Crippen molar-refractivity contribution in [1.29, 1.82) is 0 Å². The molecule has 0 bridgehead atoms. The summed E-state index contributed by atoms with van der Waals surface area (Å²) in [7, 11) is 3.89. The van der Waals surface area contributed by atoms with E-state index >= 15 is 0 Å². The first kappa shape index (κ1) is 31.1. The van der Waals surface area contributed by atoms with Gasteiger partial charge in [-0.1, -0.05) is 24.6 Å². The molecule has 3 N–H and O–H groups in total. The molecule has 3 saturated heterocycles. The summed E-state index contributed by atoms with van der Waals surface area (Å²) < 4.78 is 1.81. The van der Waals surface area contributed by atoms with Crippen molar-refractivity contribution in [1.82, 2.24) is 30.0 Å². The molecule has 0 radical (unpaired) electrons. The number of hydrogen-bond donors (Lipinski definition) is 3. The summed E-state index contributed by atoms with van der Waals surface area (Å²) in [6.07, 6.45) is 3.35. The van der Waals surface area contributed by atoms with Gasteiger partial charge in [-0.2, -0.15) is 10.1 Å². The van der Waals surface area contributed by atoms with Crippen molar-refractivity contribution in [3.8, 4) is 0 Å². The lowest BCUT2D eigenvalue weighted by Gasteiger charge is -2.37. The third-order valence-electron chi connectivity index (χ3n) is 9.36. The lowest BCUT2D eigenvalue weighted by molar-refractivity contribution is -0.134. The van der Waals surface area contributed by atoms with Crippen LogP contribution in [-0.4, -0.2) is 80.8 Å². The molecule has 2 aromatic heterocycles. The molecule has 0 spiro atoms. The number of piperidine rings is 2. The van der Waals surface area contributed by atoms with Crippen LogP contribution < -0.4 is 25.8 Å². The van der Waals surface area contributed by atoms with Gasteiger partial charge < -0.3 is 25.3 Å². The molecule has 0 aliphatic carbocycles. The third kappa shape index (κ3) is 6.17. The Bertz CT molecular complexity index is 1880. The molecule has 0 saturated carbocycles. The van der Waals surface area contributed by atoms with E-state index in [1.165, 1.54) is 0 Å². The highest BCUT2D eigenvalue weighted by molar-refractivity contribution is 7.80. The van der Waals surface area contributed by atoms with Gasteiger partial charge in [-0.15, -0.1) is 0 Å². The maximum atomic E-state index is 12.5. The fraction of sp³-hybridized carbons (Fsp3) is 0.394. The number of nitrogens with one attached hydrogen (secondary N) is 3. The Morgan fingerprint density at radius 2 is 1.89 bits per heavy atom. The maximum Gasteiger partial charge on any atom is 0.235 e. The van der Waals surface area contributed by atoms with Crippen LogP contribution in [-0.2, 0) is 16.6 Å². The number of fused-ring (bicyclic) bond motifs is 1. The van der Waals surface area contributed by atoms with Crippen LogP contribution >= 0.6 is 23.8 Å². The summed E-state index contributed by atoms with van der Waals surface area (Å²) >= 11 is 12.1. The van der Waals surface area contributed by atoms with Crippen molar-refractivity contribution in [2.45, 2.75) is 38.1 Å². The fourth-order valence-electron chi connectivity index (χ4n) is 6.72. The number of aryl methyl sites for hydroxylation is 1. The number of carbonyl (C=O) groups is 2. The Morgan fingerprint density at radius 3 is 2.66 bits per heavy atom. The fourth-order valence-corrected chi connectivity index (χ4v) is 7.14. The number of benzene rings is 2. The van der Waals surface area contributed by atoms with E-state index in [0.29, 0.717) is 41.2 Å². The minimum atomic E-state index is -0.424. The second kappa shape index (κ2) is 12.6. The topological polar surface area (TPSA) is 124 Å². The third-order valence-corrected chi connectivity index (χ3v) is 10.2. The normalized spacial score (nSPS) is 21.8. The number of nitrogens with zero attached hydrogens (tertiary/aromatic N) is 7. The summed E-state index contributed by atoms with van der Waals surface area (Å²) in [5, 5.41) is 16.4. The molecular formula is C33H37ClN10O2S. The molecule has 1 unspecified atom stereocenters. The largest absolute Gasteiger partial charge is 0.382 e. The molecule has 12 nitrogen and oxygen atoms in total. The number of imide groups is 1. The van der Waals surface area contributed by atoms with E-state index in [0.717, 1.165) is 65.7 Å². The number of aromatic nitrogens is 4. The minimum absolute atomic E-state index is 0.226. The van der Waals surface area contributed by atoms with Gasteiger partial charge in [0.2, 0.25) is 17.8 Å². The van der Waals surface area contributed by atoms with Crippen molar-refractivity contribution in [2.75, 3.05) is 53.7 Å². The molecular weight excluding hydrogens is 636 g/mol. The number of rotatable bonds is 7. The van der Waals surface area contributed by atoms with Gasteiger partial charge in [0, 0.05) is 75.2 Å². The number of carbonyl (C=O) groups excluding carboxylic acids is 2. The SMILES string of the molecule is C[C@@H]1CN(c2ncc(Cl)c(Nc3cccc(N4CCN(C)C4=S)c3)n2)CC[C@H]1Nc1ccc2c(C3CCC(=O)NC3=O)nn(C)c2c1. The van der Waals surface area contributed by atoms with Crippen LogP contribution in [0, 0.1) is 5.92 Å². The van der Waals surface area contributed by atoms with Gasteiger partial charge in [-0.05, 0) is 67.4 Å². The molecule has 14 heteroatoms. The van der Waals surface area contributed by atoms with Crippen LogP contribution in [0.25, 0.3) is 10.9 Å². The first-order chi connectivity index (χ1) is 22.6. The quantitative estimate of drug-likeness (QED) is 0.188. The molecule has 3 atom stereocenters. The molecule has 2 aromatic carbocycles. The summed E-state index contributed by atoms with van der Waals surface area (Å²) in [6, 6.07) is 14.5. The number of halogens is 1. The van der Waals surface area contributed by atoms with Crippen LogP contribution in [0.3, 0.4) is 0 Å². The number of hydrogen-bond acceptors (Lipinski definition) is 9. The first-order valence-electron chi connectivity index (χ1n) is 15.9. The zero-order valence-electron chi connectivity index (χ0n) is 26.5. The van der Waals surface area contributed by atoms with Gasteiger partial charge in [-0.25, -0.2) is 4.98 Å². The van der Waals surface area contributed by atoms with Crippen molar-refractivity contribution in [2.24, 2.45) is 13.0 Å². The van der Waals surface area contributed by atoms with Gasteiger partial charge in [0.05, 0.1) is 23.3 Å². The van der Waals surface area contributed by atoms with Crippen LogP contribution in [0.15, 0.2) is 48.7 Å². The Kier molecular flexibility index (Phi) is 8.35. The van der Waals surface area contributed by atoms with E-state index in [1.54, 1.807) is 6.20 Å². The second-order valence-corrected chi connectivity index (χ2v) is 13.4. The predicted molar refractivity (Wildman–Crippen MR) is 189 cm³/mol. The number of likely N-dealkylation sites (N-methyl/N-ethyl adjacent to an activating group) is 1. The summed E-state index contributed by atoms with van der Waals surface area (Å²) in [5.74, 6) is 0.575. The molecule has 5 heterocycles. The van der Waals surface area contributed by atoms with E-state index in [9.17, 15) is 9.59 Å². The number of thiocarbonyl (C=S) groups is 1. The summed E-state index contributed by atoms with van der Waals surface area (Å²) in [5.41, 5.74) is 4.55. The van der Waals surface area contributed by atoms with Crippen LogP contribution in [0.5, 0.6) is 0 Å². The van der Waals surface area contributed by atoms with Gasteiger partial charge in [0.1, 0.15) is 5.02 Å². The zero-order chi connectivity index (χ0) is 32.8. The van der Waals surface area contributed by atoms with Crippen molar-refractivity contribution < 1.29 is 9.59 Å². The van der Waals surface area contributed by atoms with Gasteiger partial charge >= 0.3 is 0 Å². The Balaban J connectivity index is 1.02. The molecule has 7 rings (SSSR count). The predicted octanol–water partition coefficient (Wildman–Crippen LogP) is 4.64. The monoisotopic (exact) mass is 672 g/mol. The van der Waals surface area contributed by atoms with Gasteiger partial charge in [0.25, 0.3) is 0 Å². The van der Waals surface area contributed by atoms with Crippen molar-refractivity contribution in [3.63, 3.8) is 0 Å². The Hall–Kier alpha value is -4.49. The molecule has 3 aliphatic rings. The highest BCUT2D eigenvalue weighted by Crippen LogP contribution is 2.33. The van der Waals surface area contributed by atoms with E-state index in [1.807, 2.05) is 43.0 Å². The highest BCUT2D eigenvalue weighted by Gasteiger charge is 2.32. The van der Waals surface area contributed by atoms with Gasteiger partial charge in [0.15, 0.2) is 10.9 Å².